The van der Waals surface area contributed by atoms with Gasteiger partial charge in [-0.25, -0.2) is 4.79 Å². The van der Waals surface area contributed by atoms with Gasteiger partial charge in [0.25, 0.3) is 0 Å². The van der Waals surface area contributed by atoms with E-state index in [1.165, 1.54) is 16.2 Å². The molecular weight excluding hydrogens is 636 g/mol. The molecule has 284 valence electrons. The number of amides is 4. The molecule has 1 aliphatic carbocycles. The lowest BCUT2D eigenvalue weighted by atomic mass is 9.82. The second-order valence-electron chi connectivity index (χ2n) is 15.9. The van der Waals surface area contributed by atoms with Crippen molar-refractivity contribution in [3.05, 3.63) is 35.9 Å². The van der Waals surface area contributed by atoms with Crippen LogP contribution in [0.2, 0.25) is 0 Å². The molecule has 1 aromatic carbocycles. The highest BCUT2D eigenvalue weighted by molar-refractivity contribution is 5.87. The van der Waals surface area contributed by atoms with E-state index in [2.05, 4.69) is 10.6 Å². The Hall–Kier alpha value is -3.18. The van der Waals surface area contributed by atoms with Gasteiger partial charge in [0, 0.05) is 40.2 Å². The zero-order chi connectivity index (χ0) is 37.6. The van der Waals surface area contributed by atoms with Gasteiger partial charge in [-0.1, -0.05) is 90.1 Å². The van der Waals surface area contributed by atoms with Crippen molar-refractivity contribution >= 4 is 23.8 Å². The number of rotatable bonds is 18. The summed E-state index contributed by atoms with van der Waals surface area (Å²) in [6.07, 6.45) is 3.98. The Kier molecular flexibility index (Phi) is 17.7. The largest absolute Gasteiger partial charge is 0.444 e. The average Bonchev–Trinajstić information content (AvgIpc) is 3.06. The van der Waals surface area contributed by atoms with Gasteiger partial charge >= 0.3 is 6.09 Å². The Morgan fingerprint density at radius 3 is 2.08 bits per heavy atom. The van der Waals surface area contributed by atoms with Crippen LogP contribution < -0.4 is 10.6 Å². The summed E-state index contributed by atoms with van der Waals surface area (Å²) >= 11 is 0. The molecule has 11 heteroatoms. The average molecular weight is 703 g/mol. The lowest BCUT2D eigenvalue weighted by Gasteiger charge is -2.33. The number of benzene rings is 1. The number of aliphatic hydroxyl groups excluding tert-OH is 2. The topological polar surface area (TPSA) is 149 Å². The number of hydrogen-bond acceptors (Lipinski definition) is 7. The van der Waals surface area contributed by atoms with E-state index in [1.807, 2.05) is 51.1 Å². The number of nitrogens with one attached hydrogen (secondary N) is 2. The first kappa shape index (κ1) is 43.0. The molecule has 1 saturated carbocycles. The maximum atomic E-state index is 13.8. The minimum absolute atomic E-state index is 0.0498. The van der Waals surface area contributed by atoms with Crippen molar-refractivity contribution in [1.82, 2.24) is 20.4 Å². The van der Waals surface area contributed by atoms with Crippen LogP contribution in [0.1, 0.15) is 111 Å². The third-order valence-electron chi connectivity index (χ3n) is 9.75. The first-order valence-corrected chi connectivity index (χ1v) is 18.6. The lowest BCUT2D eigenvalue weighted by molar-refractivity contribution is -0.136. The van der Waals surface area contributed by atoms with E-state index in [1.54, 1.807) is 41.8 Å². The van der Waals surface area contributed by atoms with E-state index in [-0.39, 0.29) is 55.6 Å². The zero-order valence-corrected chi connectivity index (χ0v) is 32.1. The SMILES string of the molecule is CC(C)C[C@H](O)[C@H](O)[C@H](CC1CCCCC1)NC(=O)[C@H](C)CNC(=O)[C@@H](CC(=O)N(C)CCN(C)C(=O)OC(C)(C)C)C(C)c1ccccc1. The molecule has 50 heavy (non-hydrogen) atoms. The van der Waals surface area contributed by atoms with E-state index >= 15 is 0 Å². The van der Waals surface area contributed by atoms with Crippen LogP contribution >= 0.6 is 0 Å². The number of likely N-dealkylation sites (N-methyl/N-ethyl adjacent to an activating group) is 2. The van der Waals surface area contributed by atoms with Crippen molar-refractivity contribution < 1.29 is 34.1 Å². The minimum Gasteiger partial charge on any atom is -0.444 e. The Morgan fingerprint density at radius 1 is 0.900 bits per heavy atom. The van der Waals surface area contributed by atoms with Crippen molar-refractivity contribution in [3.63, 3.8) is 0 Å². The molecule has 0 aromatic heterocycles. The maximum Gasteiger partial charge on any atom is 0.410 e. The Bertz CT molecular complexity index is 1200. The van der Waals surface area contributed by atoms with Gasteiger partial charge in [0.15, 0.2) is 0 Å². The molecule has 0 bridgehead atoms. The van der Waals surface area contributed by atoms with Crippen molar-refractivity contribution in [2.45, 2.75) is 130 Å². The fourth-order valence-corrected chi connectivity index (χ4v) is 6.44. The van der Waals surface area contributed by atoms with Gasteiger partial charge in [0.05, 0.1) is 24.0 Å². The van der Waals surface area contributed by atoms with E-state index in [9.17, 15) is 29.4 Å². The number of carbonyl (C=O) groups is 4. The maximum absolute atomic E-state index is 13.8. The van der Waals surface area contributed by atoms with Crippen molar-refractivity contribution in [3.8, 4) is 0 Å². The predicted molar refractivity (Wildman–Crippen MR) is 196 cm³/mol. The van der Waals surface area contributed by atoms with Gasteiger partial charge in [0.1, 0.15) is 11.7 Å². The van der Waals surface area contributed by atoms with Gasteiger partial charge in [-0.3, -0.25) is 14.4 Å². The molecule has 6 atom stereocenters. The van der Waals surface area contributed by atoms with Crippen LogP contribution in [0.5, 0.6) is 0 Å². The van der Waals surface area contributed by atoms with Crippen LogP contribution in [0.25, 0.3) is 0 Å². The van der Waals surface area contributed by atoms with Crippen LogP contribution in [0.4, 0.5) is 4.79 Å². The molecular formula is C39H66N4O7. The first-order chi connectivity index (χ1) is 23.4. The number of nitrogens with zero attached hydrogens (tertiary/aromatic N) is 2. The molecule has 0 spiro atoms. The van der Waals surface area contributed by atoms with Gasteiger partial charge in [-0.2, -0.15) is 0 Å². The molecule has 0 heterocycles. The molecule has 4 amide bonds. The fraction of sp³-hybridized carbons (Fsp3) is 0.744. The molecule has 0 saturated heterocycles. The molecule has 1 fully saturated rings. The standard InChI is InChI=1S/C39H66N4O7/c1-26(2)22-33(44)35(46)32(23-29-16-12-10-13-17-29)41-36(47)27(3)25-40-37(48)31(28(4)30-18-14-11-15-19-30)24-34(45)42(8)20-21-43(9)38(49)50-39(5,6)7/h11,14-15,18-19,26-29,31-33,35,44,46H,10,12-13,16-17,20-25H2,1-9H3,(H,40,48)(H,41,47)/t27-,28?,31+,32+,33+,35-/m1/s1. The van der Waals surface area contributed by atoms with E-state index < -0.39 is 41.8 Å². The van der Waals surface area contributed by atoms with E-state index in [0.29, 0.717) is 18.8 Å². The van der Waals surface area contributed by atoms with Crippen molar-refractivity contribution in [2.24, 2.45) is 23.7 Å². The molecule has 1 aliphatic rings. The summed E-state index contributed by atoms with van der Waals surface area (Å²) in [5.41, 5.74) is 0.283. The Balaban J connectivity index is 2.09. The van der Waals surface area contributed by atoms with Gasteiger partial charge < -0.3 is 35.4 Å². The summed E-state index contributed by atoms with van der Waals surface area (Å²) in [6, 6.07) is 8.94. The predicted octanol–water partition coefficient (Wildman–Crippen LogP) is 5.10. The molecule has 2 rings (SSSR count). The lowest BCUT2D eigenvalue weighted by Crippen LogP contribution is -2.52. The third-order valence-corrected chi connectivity index (χ3v) is 9.75. The third kappa shape index (κ3) is 15.0. The molecule has 11 nitrogen and oxygen atoms in total. The van der Waals surface area contributed by atoms with Crippen LogP contribution in [-0.2, 0) is 19.1 Å². The summed E-state index contributed by atoms with van der Waals surface area (Å²) in [5, 5.41) is 27.8. The van der Waals surface area contributed by atoms with Crippen LogP contribution in [0.3, 0.4) is 0 Å². The van der Waals surface area contributed by atoms with E-state index in [4.69, 9.17) is 4.74 Å². The number of hydrogen-bond donors (Lipinski definition) is 4. The van der Waals surface area contributed by atoms with Gasteiger partial charge in [-0.05, 0) is 56.9 Å². The highest BCUT2D eigenvalue weighted by atomic mass is 16.6. The number of aliphatic hydroxyl groups is 2. The van der Waals surface area contributed by atoms with Crippen molar-refractivity contribution in [2.75, 3.05) is 33.7 Å². The number of ether oxygens (including phenoxy) is 1. The minimum atomic E-state index is -1.09. The summed E-state index contributed by atoms with van der Waals surface area (Å²) < 4.78 is 5.40. The molecule has 0 aliphatic heterocycles. The quantitative estimate of drug-likeness (QED) is 0.166. The summed E-state index contributed by atoms with van der Waals surface area (Å²) in [7, 11) is 3.26. The first-order valence-electron chi connectivity index (χ1n) is 18.6. The summed E-state index contributed by atoms with van der Waals surface area (Å²) in [5.74, 6) is -1.93. The van der Waals surface area contributed by atoms with Crippen LogP contribution in [-0.4, -0.2) is 101 Å². The second-order valence-corrected chi connectivity index (χ2v) is 15.9. The Morgan fingerprint density at radius 2 is 1.50 bits per heavy atom. The van der Waals surface area contributed by atoms with Gasteiger partial charge in [-0.15, -0.1) is 0 Å². The smallest absolute Gasteiger partial charge is 0.410 e. The van der Waals surface area contributed by atoms with Crippen LogP contribution in [0.15, 0.2) is 30.3 Å². The van der Waals surface area contributed by atoms with Crippen molar-refractivity contribution in [1.29, 1.82) is 0 Å². The molecule has 1 unspecified atom stereocenters. The van der Waals surface area contributed by atoms with Gasteiger partial charge in [0.2, 0.25) is 17.7 Å². The molecule has 1 aromatic rings. The summed E-state index contributed by atoms with van der Waals surface area (Å²) in [6.45, 7) is 13.6. The normalized spacial score (nSPS) is 17.5. The fourth-order valence-electron chi connectivity index (χ4n) is 6.44. The van der Waals surface area contributed by atoms with E-state index in [0.717, 1.165) is 31.2 Å². The second kappa shape index (κ2) is 20.6. The highest BCUT2D eigenvalue weighted by Crippen LogP contribution is 2.30. The summed E-state index contributed by atoms with van der Waals surface area (Å²) in [4.78, 5) is 55.9. The number of carbonyl (C=O) groups excluding carboxylic acids is 4. The highest BCUT2D eigenvalue weighted by Gasteiger charge is 2.34. The molecule has 4 N–H and O–H groups in total. The Labute approximate surface area is 300 Å². The molecule has 0 radical (unpaired) electrons. The monoisotopic (exact) mass is 702 g/mol. The zero-order valence-electron chi connectivity index (χ0n) is 32.1. The van der Waals surface area contributed by atoms with Crippen LogP contribution in [0, 0.1) is 23.7 Å².